The minimum atomic E-state index is 0.140. The molecule has 0 aromatic carbocycles. The Morgan fingerprint density at radius 3 is 2.67 bits per heavy atom. The topological polar surface area (TPSA) is 42.0 Å². The minimum absolute atomic E-state index is 0.140. The molecule has 110 valence electrons. The van der Waals surface area contributed by atoms with Gasteiger partial charge in [0.15, 0.2) is 0 Å². The third kappa shape index (κ3) is 3.19. The molecule has 0 aliphatic heterocycles. The zero-order valence-electron chi connectivity index (χ0n) is 11.7. The molecule has 0 radical (unpaired) electrons. The Labute approximate surface area is 132 Å². The van der Waals surface area contributed by atoms with Crippen LogP contribution in [0.15, 0.2) is 22.2 Å². The predicted molar refractivity (Wildman–Crippen MR) is 86.5 cm³/mol. The van der Waals surface area contributed by atoms with Crippen molar-refractivity contribution >= 4 is 28.6 Å². The van der Waals surface area contributed by atoms with Crippen molar-refractivity contribution in [3.63, 3.8) is 0 Å². The van der Waals surface area contributed by atoms with Gasteiger partial charge in [0.25, 0.3) is 0 Å². The summed E-state index contributed by atoms with van der Waals surface area (Å²) in [6, 6.07) is 2.51. The first-order chi connectivity index (χ1) is 10.3. The van der Waals surface area contributed by atoms with Crippen LogP contribution in [0.4, 0.5) is 0 Å². The Kier molecular flexibility index (Phi) is 3.55. The first-order valence-corrected chi connectivity index (χ1v) is 9.38. The third-order valence-corrected chi connectivity index (χ3v) is 5.87. The molecule has 21 heavy (non-hydrogen) atoms. The molecule has 0 atom stereocenters. The monoisotopic (exact) mass is 318 g/mol. The molecule has 2 saturated carbocycles. The molecule has 1 amide bonds. The summed E-state index contributed by atoms with van der Waals surface area (Å²) in [6.07, 6.45) is 5.58. The van der Waals surface area contributed by atoms with Crippen LogP contribution in [0.2, 0.25) is 0 Å². The van der Waals surface area contributed by atoms with Crippen LogP contribution < -0.4 is 5.32 Å². The lowest BCUT2D eigenvalue weighted by Crippen LogP contribution is -2.39. The molecule has 2 aromatic heterocycles. The van der Waals surface area contributed by atoms with Crippen LogP contribution in [0.5, 0.6) is 0 Å². The lowest BCUT2D eigenvalue weighted by molar-refractivity contribution is -0.121. The quantitative estimate of drug-likeness (QED) is 0.882. The van der Waals surface area contributed by atoms with Crippen LogP contribution in [0.1, 0.15) is 31.4 Å². The average Bonchev–Trinajstić information content (AvgIpc) is 3.39. The molecule has 1 N–H and O–H groups in total. The largest absolute Gasteiger partial charge is 0.352 e. The van der Waals surface area contributed by atoms with Crippen LogP contribution in [0, 0.1) is 11.8 Å². The van der Waals surface area contributed by atoms with Crippen LogP contribution in [-0.4, -0.2) is 16.9 Å². The second kappa shape index (κ2) is 5.54. The molecule has 2 heterocycles. The number of nitrogens with one attached hydrogen (secondary N) is 1. The third-order valence-electron chi connectivity index (χ3n) is 4.25. The van der Waals surface area contributed by atoms with E-state index in [2.05, 4.69) is 27.1 Å². The van der Waals surface area contributed by atoms with Gasteiger partial charge in [-0.1, -0.05) is 0 Å². The van der Waals surface area contributed by atoms with Crippen molar-refractivity contribution in [2.75, 3.05) is 0 Å². The summed E-state index contributed by atoms with van der Waals surface area (Å²) in [5, 5.41) is 10.4. The second-order valence-corrected chi connectivity index (χ2v) is 7.74. The van der Waals surface area contributed by atoms with Gasteiger partial charge in [0.2, 0.25) is 5.91 Å². The average molecular weight is 318 g/mol. The first kappa shape index (κ1) is 13.5. The Bertz CT molecular complexity index is 615. The molecule has 2 aliphatic rings. The molecule has 3 nitrogen and oxygen atoms in total. The van der Waals surface area contributed by atoms with E-state index < -0.39 is 0 Å². The van der Waals surface area contributed by atoms with Crippen molar-refractivity contribution < 1.29 is 4.79 Å². The summed E-state index contributed by atoms with van der Waals surface area (Å²) in [5.41, 5.74) is 2.05. The van der Waals surface area contributed by atoms with Gasteiger partial charge < -0.3 is 5.32 Å². The lowest BCUT2D eigenvalue weighted by atomic mass is 10.1. The maximum absolute atomic E-state index is 12.2. The van der Waals surface area contributed by atoms with Gasteiger partial charge in [0.05, 0.1) is 12.1 Å². The van der Waals surface area contributed by atoms with Crippen LogP contribution in [0.25, 0.3) is 10.6 Å². The molecule has 5 heteroatoms. The number of hydrogen-bond donors (Lipinski definition) is 1. The van der Waals surface area contributed by atoms with Gasteiger partial charge in [-0.25, -0.2) is 4.98 Å². The van der Waals surface area contributed by atoms with Gasteiger partial charge >= 0.3 is 0 Å². The van der Waals surface area contributed by atoms with Gasteiger partial charge in [-0.3, -0.25) is 4.79 Å². The highest BCUT2D eigenvalue weighted by molar-refractivity contribution is 7.14. The first-order valence-electron chi connectivity index (χ1n) is 7.56. The molecule has 0 bridgehead atoms. The summed E-state index contributed by atoms with van der Waals surface area (Å²) in [7, 11) is 0. The molecule has 2 fully saturated rings. The Hall–Kier alpha value is -1.20. The normalized spacial score (nSPS) is 18.1. The fraction of sp³-hybridized carbons (Fsp3) is 0.500. The summed E-state index contributed by atoms with van der Waals surface area (Å²) in [6.45, 7) is 0. The van der Waals surface area contributed by atoms with E-state index in [-0.39, 0.29) is 5.91 Å². The van der Waals surface area contributed by atoms with E-state index in [1.807, 2.05) is 5.38 Å². The highest BCUT2D eigenvalue weighted by atomic mass is 32.1. The van der Waals surface area contributed by atoms with E-state index in [0.717, 1.165) is 28.1 Å². The van der Waals surface area contributed by atoms with Gasteiger partial charge in [0.1, 0.15) is 5.01 Å². The Morgan fingerprint density at radius 1 is 1.29 bits per heavy atom. The molecule has 0 spiro atoms. The molecule has 4 rings (SSSR count). The number of aromatic nitrogens is 1. The molecular formula is C16H18N2OS2. The van der Waals surface area contributed by atoms with Crippen molar-refractivity contribution in [3.05, 3.63) is 27.9 Å². The molecule has 2 aliphatic carbocycles. The summed E-state index contributed by atoms with van der Waals surface area (Å²) in [4.78, 5) is 16.8. The number of hydrogen-bond acceptors (Lipinski definition) is 4. The smallest absolute Gasteiger partial charge is 0.226 e. The summed E-state index contributed by atoms with van der Waals surface area (Å²) in [5.74, 6) is 1.64. The number of thiophene rings is 1. The van der Waals surface area contributed by atoms with Crippen molar-refractivity contribution in [3.8, 4) is 10.6 Å². The number of carbonyl (C=O) groups is 1. The molecule has 2 aromatic rings. The highest BCUT2D eigenvalue weighted by Crippen LogP contribution is 2.44. The van der Waals surface area contributed by atoms with Crippen molar-refractivity contribution in [2.45, 2.75) is 38.1 Å². The number of nitrogens with zero attached hydrogens (tertiary/aromatic N) is 1. The zero-order chi connectivity index (χ0) is 14.2. The lowest BCUT2D eigenvalue weighted by Gasteiger charge is -2.17. The van der Waals surface area contributed by atoms with Gasteiger partial charge in [-0.15, -0.1) is 11.3 Å². The maximum atomic E-state index is 12.2. The summed E-state index contributed by atoms with van der Waals surface area (Å²) >= 11 is 3.29. The molecule has 0 unspecified atom stereocenters. The minimum Gasteiger partial charge on any atom is -0.352 e. The zero-order valence-corrected chi connectivity index (χ0v) is 13.4. The molecular weight excluding hydrogens is 300 g/mol. The number of carbonyl (C=O) groups excluding carboxylic acids is 1. The fourth-order valence-electron chi connectivity index (χ4n) is 2.84. The highest BCUT2D eigenvalue weighted by Gasteiger charge is 2.42. The predicted octanol–water partition coefficient (Wildman–Crippen LogP) is 3.72. The van der Waals surface area contributed by atoms with Crippen LogP contribution in [-0.2, 0) is 11.2 Å². The number of rotatable bonds is 6. The van der Waals surface area contributed by atoms with Crippen molar-refractivity contribution in [1.82, 2.24) is 10.3 Å². The van der Waals surface area contributed by atoms with Gasteiger partial charge in [-0.05, 0) is 49.0 Å². The van der Waals surface area contributed by atoms with Gasteiger partial charge in [0, 0.05) is 22.4 Å². The van der Waals surface area contributed by atoms with E-state index in [1.54, 1.807) is 22.7 Å². The van der Waals surface area contributed by atoms with Gasteiger partial charge in [-0.2, -0.15) is 11.3 Å². The van der Waals surface area contributed by atoms with E-state index >= 15 is 0 Å². The number of amides is 1. The van der Waals surface area contributed by atoms with E-state index in [0.29, 0.717) is 12.5 Å². The Balaban J connectivity index is 1.38. The standard InChI is InChI=1S/C16H18N2OS2/c19-14(18-15(10-1-2-10)11-3-4-11)7-13-9-21-16(17-13)12-5-6-20-8-12/h5-6,8-11,15H,1-4,7H2,(H,18,19). The Morgan fingerprint density at radius 2 is 2.05 bits per heavy atom. The second-order valence-electron chi connectivity index (χ2n) is 6.10. The maximum Gasteiger partial charge on any atom is 0.226 e. The van der Waals surface area contributed by atoms with E-state index in [9.17, 15) is 4.79 Å². The number of thiazole rings is 1. The van der Waals surface area contributed by atoms with Crippen molar-refractivity contribution in [1.29, 1.82) is 0 Å². The summed E-state index contributed by atoms with van der Waals surface area (Å²) < 4.78 is 0. The van der Waals surface area contributed by atoms with Crippen LogP contribution >= 0.6 is 22.7 Å². The van der Waals surface area contributed by atoms with Crippen LogP contribution in [0.3, 0.4) is 0 Å². The fourth-order valence-corrected chi connectivity index (χ4v) is 4.37. The van der Waals surface area contributed by atoms with E-state index in [1.165, 1.54) is 25.7 Å². The van der Waals surface area contributed by atoms with E-state index in [4.69, 9.17) is 0 Å². The van der Waals surface area contributed by atoms with Crippen molar-refractivity contribution in [2.24, 2.45) is 11.8 Å². The SMILES string of the molecule is O=C(Cc1csc(-c2ccsc2)n1)NC(C1CC1)C1CC1. The molecule has 0 saturated heterocycles.